The van der Waals surface area contributed by atoms with Gasteiger partial charge in [0.2, 0.25) is 0 Å². The highest BCUT2D eigenvalue weighted by Crippen LogP contribution is 2.41. The topological polar surface area (TPSA) is 50.9 Å². The SMILES string of the molecule is N[C@@H](CF)Cc1sc2c(NCc3cccs3)snc2c1Cl. The van der Waals surface area contributed by atoms with Crippen molar-refractivity contribution in [3.05, 3.63) is 32.3 Å². The maximum atomic E-state index is 12.6. The van der Waals surface area contributed by atoms with E-state index in [2.05, 4.69) is 21.1 Å². The molecule has 0 radical (unpaired) electrons. The second kappa shape index (κ2) is 6.58. The maximum Gasteiger partial charge on any atom is 0.127 e. The Morgan fingerprint density at radius 2 is 2.33 bits per heavy atom. The lowest BCUT2D eigenvalue weighted by Gasteiger charge is -2.04. The second-order valence-electron chi connectivity index (χ2n) is 4.58. The molecule has 0 spiro atoms. The maximum absolute atomic E-state index is 12.6. The average molecular weight is 362 g/mol. The predicted octanol–water partition coefficient (Wildman–Crippen LogP) is 4.52. The van der Waals surface area contributed by atoms with Gasteiger partial charge in [0.05, 0.1) is 16.3 Å². The van der Waals surface area contributed by atoms with Crippen molar-refractivity contribution >= 4 is 61.0 Å². The van der Waals surface area contributed by atoms with E-state index in [1.165, 1.54) is 16.4 Å². The van der Waals surface area contributed by atoms with Crippen molar-refractivity contribution in [3.63, 3.8) is 0 Å². The van der Waals surface area contributed by atoms with Crippen LogP contribution in [0.5, 0.6) is 0 Å². The molecule has 0 aliphatic heterocycles. The molecule has 3 rings (SSSR count). The summed E-state index contributed by atoms with van der Waals surface area (Å²) in [5.41, 5.74) is 6.46. The van der Waals surface area contributed by atoms with Crippen molar-refractivity contribution in [2.75, 3.05) is 12.0 Å². The Morgan fingerprint density at radius 1 is 1.48 bits per heavy atom. The van der Waals surface area contributed by atoms with Gasteiger partial charge >= 0.3 is 0 Å². The van der Waals surface area contributed by atoms with E-state index in [4.69, 9.17) is 17.3 Å². The molecule has 3 aromatic heterocycles. The van der Waals surface area contributed by atoms with E-state index < -0.39 is 12.7 Å². The number of nitrogens with one attached hydrogen (secondary N) is 1. The summed E-state index contributed by atoms with van der Waals surface area (Å²) in [7, 11) is 0. The van der Waals surface area contributed by atoms with Crippen LogP contribution in [0.4, 0.5) is 9.39 Å². The Bertz CT molecular complexity index is 723. The number of hydrogen-bond acceptors (Lipinski definition) is 6. The Hall–Kier alpha value is -0.730. The normalized spacial score (nSPS) is 12.9. The summed E-state index contributed by atoms with van der Waals surface area (Å²) >= 11 is 11.0. The highest BCUT2D eigenvalue weighted by atomic mass is 35.5. The van der Waals surface area contributed by atoms with Crippen LogP contribution >= 0.6 is 45.8 Å². The molecule has 0 amide bonds. The number of nitrogens with zero attached hydrogens (tertiary/aromatic N) is 1. The van der Waals surface area contributed by atoms with Gasteiger partial charge in [0.1, 0.15) is 17.2 Å². The summed E-state index contributed by atoms with van der Waals surface area (Å²) in [6.45, 7) is 0.224. The van der Waals surface area contributed by atoms with E-state index in [1.54, 1.807) is 22.7 Å². The van der Waals surface area contributed by atoms with Gasteiger partial charge in [-0.15, -0.1) is 22.7 Å². The van der Waals surface area contributed by atoms with Crippen LogP contribution in [0.3, 0.4) is 0 Å². The molecule has 0 aliphatic rings. The number of fused-ring (bicyclic) bond motifs is 1. The summed E-state index contributed by atoms with van der Waals surface area (Å²) in [6.07, 6.45) is 0.450. The first-order valence-corrected chi connectivity index (χ1v) is 9.18. The van der Waals surface area contributed by atoms with Crippen molar-refractivity contribution < 1.29 is 4.39 Å². The minimum absolute atomic E-state index is 0.450. The smallest absolute Gasteiger partial charge is 0.127 e. The molecule has 0 aromatic carbocycles. The monoisotopic (exact) mass is 361 g/mol. The summed E-state index contributed by atoms with van der Waals surface area (Å²) in [5.74, 6) is 0. The number of thiophene rings is 2. The number of alkyl halides is 1. The van der Waals surface area contributed by atoms with Crippen molar-refractivity contribution in [2.45, 2.75) is 19.0 Å². The van der Waals surface area contributed by atoms with Gasteiger partial charge in [-0.3, -0.25) is 0 Å². The van der Waals surface area contributed by atoms with Gasteiger partial charge in [0.15, 0.2) is 0 Å². The Balaban J connectivity index is 1.82. The first-order chi connectivity index (χ1) is 10.2. The number of rotatable bonds is 6. The van der Waals surface area contributed by atoms with Gasteiger partial charge in [0.25, 0.3) is 0 Å². The molecule has 3 nitrogen and oxygen atoms in total. The lowest BCUT2D eigenvalue weighted by Crippen LogP contribution is -2.24. The zero-order valence-corrected chi connectivity index (χ0v) is 14.1. The van der Waals surface area contributed by atoms with Gasteiger partial charge in [-0.2, -0.15) is 4.37 Å². The molecule has 1 atom stereocenters. The number of hydrogen-bond donors (Lipinski definition) is 2. The van der Waals surface area contributed by atoms with E-state index in [0.717, 1.165) is 26.6 Å². The van der Waals surface area contributed by atoms with Crippen molar-refractivity contribution in [1.29, 1.82) is 0 Å². The third kappa shape index (κ3) is 3.22. The first kappa shape index (κ1) is 15.2. The predicted molar refractivity (Wildman–Crippen MR) is 91.8 cm³/mol. The summed E-state index contributed by atoms with van der Waals surface area (Å²) < 4.78 is 18.0. The zero-order chi connectivity index (χ0) is 14.8. The molecule has 3 aromatic rings. The van der Waals surface area contributed by atoms with Crippen LogP contribution in [-0.2, 0) is 13.0 Å². The van der Waals surface area contributed by atoms with E-state index in [1.807, 2.05) is 6.07 Å². The lowest BCUT2D eigenvalue weighted by atomic mass is 10.2. The molecule has 3 N–H and O–H groups in total. The van der Waals surface area contributed by atoms with Gasteiger partial charge in [-0.1, -0.05) is 17.7 Å². The number of anilines is 1. The third-order valence-corrected chi connectivity index (χ3v) is 6.53. The van der Waals surface area contributed by atoms with Crippen molar-refractivity contribution in [2.24, 2.45) is 5.73 Å². The first-order valence-electron chi connectivity index (χ1n) is 6.33. The van der Waals surface area contributed by atoms with E-state index in [9.17, 15) is 4.39 Å². The fourth-order valence-electron chi connectivity index (χ4n) is 1.93. The molecule has 0 saturated heterocycles. The number of halogens is 2. The van der Waals surface area contributed by atoms with Crippen LogP contribution in [0.1, 0.15) is 9.75 Å². The third-order valence-electron chi connectivity index (χ3n) is 2.98. The van der Waals surface area contributed by atoms with Gasteiger partial charge in [-0.25, -0.2) is 4.39 Å². The van der Waals surface area contributed by atoms with E-state index in [0.29, 0.717) is 11.4 Å². The molecule has 0 unspecified atom stereocenters. The second-order valence-corrected chi connectivity index (χ2v) is 7.87. The number of aromatic nitrogens is 1. The Labute approximate surface area is 138 Å². The van der Waals surface area contributed by atoms with Crippen LogP contribution in [-0.4, -0.2) is 17.1 Å². The number of nitrogens with two attached hydrogens (primary N) is 1. The summed E-state index contributed by atoms with van der Waals surface area (Å²) in [6, 6.07) is 3.61. The fourth-order valence-corrected chi connectivity index (χ4v) is 5.13. The lowest BCUT2D eigenvalue weighted by molar-refractivity contribution is 0.428. The van der Waals surface area contributed by atoms with Gasteiger partial charge in [-0.05, 0) is 23.0 Å². The molecule has 3 heterocycles. The van der Waals surface area contributed by atoms with Crippen LogP contribution in [0.25, 0.3) is 10.2 Å². The standard InChI is InChI=1S/C13H13ClFN3S3/c14-10-9(4-7(16)5-15)20-12-11(10)18-21-13(12)17-6-8-2-1-3-19-8/h1-3,7,17H,4-6,16H2/t7-/m1/s1. The largest absolute Gasteiger partial charge is 0.370 e. The minimum Gasteiger partial charge on any atom is -0.370 e. The molecule has 21 heavy (non-hydrogen) atoms. The Kier molecular flexibility index (Phi) is 4.75. The molecule has 0 aliphatic carbocycles. The minimum atomic E-state index is -0.544. The fraction of sp³-hybridized carbons (Fsp3) is 0.308. The molecule has 0 fully saturated rings. The van der Waals surface area contributed by atoms with E-state index >= 15 is 0 Å². The molecule has 112 valence electrons. The quantitative estimate of drug-likeness (QED) is 0.678. The Morgan fingerprint density at radius 3 is 3.05 bits per heavy atom. The molecule has 0 bridgehead atoms. The van der Waals surface area contributed by atoms with Crippen LogP contribution in [0, 0.1) is 0 Å². The van der Waals surface area contributed by atoms with Crippen molar-refractivity contribution in [3.8, 4) is 0 Å². The van der Waals surface area contributed by atoms with Gasteiger partial charge < -0.3 is 11.1 Å². The van der Waals surface area contributed by atoms with Gasteiger partial charge in [0, 0.05) is 22.2 Å². The highest BCUT2D eigenvalue weighted by Gasteiger charge is 2.18. The van der Waals surface area contributed by atoms with Crippen LogP contribution in [0.2, 0.25) is 5.02 Å². The molecular formula is C13H13ClFN3S3. The summed E-state index contributed by atoms with van der Waals surface area (Å²) in [4.78, 5) is 2.17. The highest BCUT2D eigenvalue weighted by molar-refractivity contribution is 7.25. The van der Waals surface area contributed by atoms with Crippen molar-refractivity contribution in [1.82, 2.24) is 4.37 Å². The van der Waals surface area contributed by atoms with Crippen LogP contribution in [0.15, 0.2) is 17.5 Å². The zero-order valence-electron chi connectivity index (χ0n) is 10.9. The average Bonchev–Trinajstić information content (AvgIpc) is 3.17. The summed E-state index contributed by atoms with van der Waals surface area (Å²) in [5, 5.41) is 7.06. The van der Waals surface area contributed by atoms with E-state index in [-0.39, 0.29) is 0 Å². The molecule has 0 saturated carbocycles. The van der Waals surface area contributed by atoms with Crippen LogP contribution < -0.4 is 11.1 Å². The molecular weight excluding hydrogens is 349 g/mol. The molecule has 8 heteroatoms.